The highest BCUT2D eigenvalue weighted by Crippen LogP contribution is 2.13. The molecule has 0 saturated heterocycles. The number of ether oxygens (including phenoxy) is 1. The van der Waals surface area contributed by atoms with E-state index in [-0.39, 0.29) is 0 Å². The van der Waals surface area contributed by atoms with E-state index in [9.17, 15) is 8.42 Å². The Hall–Kier alpha value is -1.07. The van der Waals surface area contributed by atoms with Crippen molar-refractivity contribution in [3.05, 3.63) is 29.8 Å². The Balaban J connectivity index is 2.60. The molecule has 0 bridgehead atoms. The molecule has 5 heteroatoms. The fourth-order valence-corrected chi connectivity index (χ4v) is 1.61. The molecule has 0 aliphatic carbocycles. The topological polar surface area (TPSA) is 55.4 Å². The highest BCUT2D eigenvalue weighted by atomic mass is 32.2. The summed E-state index contributed by atoms with van der Waals surface area (Å²) in [7, 11) is -3.14. The third-order valence-electron chi connectivity index (χ3n) is 1.91. The smallest absolute Gasteiger partial charge is 0.209 e. The van der Waals surface area contributed by atoms with Gasteiger partial charge in [-0.3, -0.25) is 0 Å². The van der Waals surface area contributed by atoms with Crippen LogP contribution in [0.1, 0.15) is 18.9 Å². The van der Waals surface area contributed by atoms with Crippen LogP contribution in [-0.4, -0.2) is 21.3 Å². The molecule has 0 spiro atoms. The Bertz CT molecular complexity index is 429. The maximum Gasteiger partial charge on any atom is 0.209 e. The van der Waals surface area contributed by atoms with Crippen LogP contribution in [0, 0.1) is 0 Å². The van der Waals surface area contributed by atoms with E-state index in [0.29, 0.717) is 13.2 Å². The van der Waals surface area contributed by atoms with Crippen molar-refractivity contribution in [3.8, 4) is 5.75 Å². The van der Waals surface area contributed by atoms with Crippen molar-refractivity contribution in [1.29, 1.82) is 0 Å². The Kier molecular flexibility index (Phi) is 4.76. The summed E-state index contributed by atoms with van der Waals surface area (Å²) in [4.78, 5) is 0. The number of sulfonamides is 1. The van der Waals surface area contributed by atoms with Crippen molar-refractivity contribution in [1.82, 2.24) is 4.72 Å². The number of benzene rings is 1. The highest BCUT2D eigenvalue weighted by molar-refractivity contribution is 7.88. The monoisotopic (exact) mass is 243 g/mol. The summed E-state index contributed by atoms with van der Waals surface area (Å²) in [5.74, 6) is 0.773. The molecule has 4 nitrogen and oxygen atoms in total. The van der Waals surface area contributed by atoms with Gasteiger partial charge in [0, 0.05) is 6.54 Å². The molecule has 0 aliphatic rings. The van der Waals surface area contributed by atoms with Gasteiger partial charge < -0.3 is 4.74 Å². The minimum Gasteiger partial charge on any atom is -0.494 e. The Labute approximate surface area is 96.7 Å². The van der Waals surface area contributed by atoms with Crippen molar-refractivity contribution in [3.63, 3.8) is 0 Å². The minimum absolute atomic E-state index is 0.294. The van der Waals surface area contributed by atoms with E-state index in [0.717, 1.165) is 24.0 Å². The molecule has 0 aliphatic heterocycles. The average Bonchev–Trinajstić information content (AvgIpc) is 2.23. The summed E-state index contributed by atoms with van der Waals surface area (Å²) in [6, 6.07) is 7.41. The molecule has 90 valence electrons. The van der Waals surface area contributed by atoms with Gasteiger partial charge >= 0.3 is 0 Å². The van der Waals surface area contributed by atoms with Gasteiger partial charge in [-0.25, -0.2) is 13.1 Å². The summed E-state index contributed by atoms with van der Waals surface area (Å²) in [5, 5.41) is 0. The lowest BCUT2D eigenvalue weighted by Crippen LogP contribution is -2.21. The standard InChI is InChI=1S/C11H17NO3S/c1-3-7-15-11-6-4-5-10(8-11)9-12-16(2,13)14/h4-6,8,12H,3,7,9H2,1-2H3. The summed E-state index contributed by atoms with van der Waals surface area (Å²) >= 11 is 0. The SMILES string of the molecule is CCCOc1cccc(CNS(C)(=O)=O)c1. The first-order chi connectivity index (χ1) is 7.51. The van der Waals surface area contributed by atoms with E-state index in [1.54, 1.807) is 0 Å². The maximum atomic E-state index is 10.9. The molecule has 0 heterocycles. The van der Waals surface area contributed by atoms with Crippen molar-refractivity contribution in [2.75, 3.05) is 12.9 Å². The number of hydrogen-bond donors (Lipinski definition) is 1. The Morgan fingerprint density at radius 3 is 2.75 bits per heavy atom. The molecule has 16 heavy (non-hydrogen) atoms. The van der Waals surface area contributed by atoms with Crippen molar-refractivity contribution < 1.29 is 13.2 Å². The average molecular weight is 243 g/mol. The summed E-state index contributed by atoms with van der Waals surface area (Å²) in [6.07, 6.45) is 2.09. The van der Waals surface area contributed by atoms with E-state index in [1.807, 2.05) is 31.2 Å². The lowest BCUT2D eigenvalue weighted by atomic mass is 10.2. The highest BCUT2D eigenvalue weighted by Gasteiger charge is 2.01. The third-order valence-corrected chi connectivity index (χ3v) is 2.58. The molecule has 0 fully saturated rings. The van der Waals surface area contributed by atoms with E-state index in [1.165, 1.54) is 0 Å². The zero-order valence-corrected chi connectivity index (χ0v) is 10.4. The maximum absolute atomic E-state index is 10.9. The number of hydrogen-bond acceptors (Lipinski definition) is 3. The Morgan fingerprint density at radius 2 is 2.12 bits per heavy atom. The third kappa shape index (κ3) is 5.14. The fourth-order valence-electron chi connectivity index (χ4n) is 1.18. The summed E-state index contributed by atoms with van der Waals surface area (Å²) < 4.78 is 29.7. The van der Waals surface area contributed by atoms with Crippen molar-refractivity contribution in [2.24, 2.45) is 0 Å². The van der Waals surface area contributed by atoms with Gasteiger partial charge in [0.2, 0.25) is 10.0 Å². The predicted molar refractivity (Wildman–Crippen MR) is 63.9 cm³/mol. The minimum atomic E-state index is -3.14. The molecule has 0 amide bonds. The largest absolute Gasteiger partial charge is 0.494 e. The zero-order chi connectivity index (χ0) is 12.0. The fraction of sp³-hybridized carbons (Fsp3) is 0.455. The molecule has 1 rings (SSSR count). The second kappa shape index (κ2) is 5.86. The van der Waals surface area contributed by atoms with Gasteiger partial charge in [0.15, 0.2) is 0 Å². The van der Waals surface area contributed by atoms with Crippen LogP contribution in [0.2, 0.25) is 0 Å². The van der Waals surface area contributed by atoms with Crippen LogP contribution < -0.4 is 9.46 Å². The Morgan fingerprint density at radius 1 is 1.38 bits per heavy atom. The van der Waals surface area contributed by atoms with Crippen LogP contribution in [0.15, 0.2) is 24.3 Å². The van der Waals surface area contributed by atoms with Gasteiger partial charge in [-0.05, 0) is 24.1 Å². The van der Waals surface area contributed by atoms with Crippen molar-refractivity contribution >= 4 is 10.0 Å². The van der Waals surface area contributed by atoms with Gasteiger partial charge in [-0.2, -0.15) is 0 Å². The van der Waals surface area contributed by atoms with Crippen molar-refractivity contribution in [2.45, 2.75) is 19.9 Å². The van der Waals surface area contributed by atoms with E-state index < -0.39 is 10.0 Å². The molecular formula is C11H17NO3S. The van der Waals surface area contributed by atoms with E-state index >= 15 is 0 Å². The van der Waals surface area contributed by atoms with Gasteiger partial charge in [0.05, 0.1) is 12.9 Å². The first-order valence-electron chi connectivity index (χ1n) is 5.17. The molecule has 1 aromatic rings. The quantitative estimate of drug-likeness (QED) is 0.824. The normalized spacial score (nSPS) is 11.4. The molecule has 0 aromatic heterocycles. The van der Waals surface area contributed by atoms with E-state index in [4.69, 9.17) is 4.74 Å². The van der Waals surface area contributed by atoms with Crippen LogP contribution in [0.4, 0.5) is 0 Å². The van der Waals surface area contributed by atoms with Gasteiger partial charge in [0.25, 0.3) is 0 Å². The molecule has 1 N–H and O–H groups in total. The summed E-state index contributed by atoms with van der Waals surface area (Å²) in [5.41, 5.74) is 0.888. The van der Waals surface area contributed by atoms with Crippen LogP contribution in [0.3, 0.4) is 0 Å². The lowest BCUT2D eigenvalue weighted by molar-refractivity contribution is 0.317. The molecule has 0 saturated carbocycles. The number of nitrogens with one attached hydrogen (secondary N) is 1. The van der Waals surface area contributed by atoms with Gasteiger partial charge in [-0.15, -0.1) is 0 Å². The molecule has 0 radical (unpaired) electrons. The zero-order valence-electron chi connectivity index (χ0n) is 9.56. The van der Waals surface area contributed by atoms with Gasteiger partial charge in [0.1, 0.15) is 5.75 Å². The summed E-state index contributed by atoms with van der Waals surface area (Å²) in [6.45, 7) is 3.00. The van der Waals surface area contributed by atoms with Gasteiger partial charge in [-0.1, -0.05) is 19.1 Å². The van der Waals surface area contributed by atoms with E-state index in [2.05, 4.69) is 4.72 Å². The number of rotatable bonds is 6. The lowest BCUT2D eigenvalue weighted by Gasteiger charge is -2.07. The molecular weight excluding hydrogens is 226 g/mol. The second-order valence-corrected chi connectivity index (χ2v) is 5.42. The molecule has 0 unspecified atom stereocenters. The predicted octanol–water partition coefficient (Wildman–Crippen LogP) is 1.52. The van der Waals surface area contributed by atoms with Crippen LogP contribution in [-0.2, 0) is 16.6 Å². The molecule has 0 atom stereocenters. The van der Waals surface area contributed by atoms with Crippen LogP contribution in [0.5, 0.6) is 5.75 Å². The molecule has 1 aromatic carbocycles. The first kappa shape index (κ1) is 13.0. The first-order valence-corrected chi connectivity index (χ1v) is 7.07. The second-order valence-electron chi connectivity index (χ2n) is 3.59. The van der Waals surface area contributed by atoms with Crippen LogP contribution in [0.25, 0.3) is 0 Å². The van der Waals surface area contributed by atoms with Crippen LogP contribution >= 0.6 is 0 Å².